The van der Waals surface area contributed by atoms with Gasteiger partial charge in [-0.2, -0.15) is 5.10 Å². The van der Waals surface area contributed by atoms with Gasteiger partial charge >= 0.3 is 0 Å². The monoisotopic (exact) mass is 278 g/mol. The van der Waals surface area contributed by atoms with Crippen LogP contribution in [0, 0.1) is 5.92 Å². The van der Waals surface area contributed by atoms with Crippen molar-refractivity contribution >= 4 is 0 Å². The maximum atomic E-state index is 6.34. The molecule has 1 saturated carbocycles. The molecule has 0 aromatic carbocycles. The predicted octanol–water partition coefficient (Wildman–Crippen LogP) is 2.71. The van der Waals surface area contributed by atoms with Crippen LogP contribution in [0.5, 0.6) is 0 Å². The maximum absolute atomic E-state index is 6.34. The zero-order chi connectivity index (χ0) is 14.7. The lowest BCUT2D eigenvalue weighted by Gasteiger charge is -2.39. The molecule has 2 N–H and O–H groups in total. The number of aromatic nitrogens is 2. The van der Waals surface area contributed by atoms with Crippen molar-refractivity contribution in [2.75, 3.05) is 6.54 Å². The topological polar surface area (TPSA) is 47.1 Å². The first kappa shape index (κ1) is 15.5. The van der Waals surface area contributed by atoms with Crippen LogP contribution in [0.1, 0.15) is 58.1 Å². The van der Waals surface area contributed by atoms with Crippen LogP contribution in [0.3, 0.4) is 0 Å². The molecule has 1 fully saturated rings. The highest BCUT2D eigenvalue weighted by molar-refractivity contribution is 5.14. The van der Waals surface area contributed by atoms with Crippen LogP contribution in [0.4, 0.5) is 0 Å². The standard InChI is InChI=1S/C16H30N4/c1-12(2)10-20(15-7-5-6-8-15)16(13(3)17)14-9-18-19(4)11-14/h9,11-13,15-16H,5-8,10,17H2,1-4H3. The van der Waals surface area contributed by atoms with Gasteiger partial charge in [0.25, 0.3) is 0 Å². The fraction of sp³-hybridized carbons (Fsp3) is 0.812. The predicted molar refractivity (Wildman–Crippen MR) is 83.4 cm³/mol. The van der Waals surface area contributed by atoms with Crippen LogP contribution < -0.4 is 5.73 Å². The Balaban J connectivity index is 2.25. The van der Waals surface area contributed by atoms with Gasteiger partial charge in [-0.3, -0.25) is 9.58 Å². The fourth-order valence-corrected chi connectivity index (χ4v) is 3.54. The van der Waals surface area contributed by atoms with Gasteiger partial charge in [-0.25, -0.2) is 0 Å². The Bertz CT molecular complexity index is 404. The van der Waals surface area contributed by atoms with Crippen molar-refractivity contribution < 1.29 is 0 Å². The molecule has 0 spiro atoms. The van der Waals surface area contributed by atoms with Crippen LogP contribution in [0.15, 0.2) is 12.4 Å². The Hall–Kier alpha value is -0.870. The molecule has 1 aromatic rings. The van der Waals surface area contributed by atoms with Gasteiger partial charge in [0.2, 0.25) is 0 Å². The first-order chi connectivity index (χ1) is 9.49. The summed E-state index contributed by atoms with van der Waals surface area (Å²) in [5, 5.41) is 4.34. The van der Waals surface area contributed by atoms with Crippen molar-refractivity contribution in [1.29, 1.82) is 0 Å². The van der Waals surface area contributed by atoms with Gasteiger partial charge in [-0.1, -0.05) is 26.7 Å². The largest absolute Gasteiger partial charge is 0.326 e. The molecule has 0 bridgehead atoms. The third-order valence-electron chi connectivity index (χ3n) is 4.29. The Kier molecular flexibility index (Phi) is 5.22. The van der Waals surface area contributed by atoms with Gasteiger partial charge in [0.15, 0.2) is 0 Å². The highest BCUT2D eigenvalue weighted by Gasteiger charge is 2.32. The molecule has 114 valence electrons. The van der Waals surface area contributed by atoms with Gasteiger partial charge in [-0.15, -0.1) is 0 Å². The summed E-state index contributed by atoms with van der Waals surface area (Å²) in [5.74, 6) is 0.661. The lowest BCUT2D eigenvalue weighted by molar-refractivity contribution is 0.104. The Morgan fingerprint density at radius 2 is 2.00 bits per heavy atom. The van der Waals surface area contributed by atoms with E-state index in [1.54, 1.807) is 0 Å². The van der Waals surface area contributed by atoms with Crippen molar-refractivity contribution in [2.45, 2.75) is 64.6 Å². The summed E-state index contributed by atoms with van der Waals surface area (Å²) in [7, 11) is 1.98. The average Bonchev–Trinajstić information content (AvgIpc) is 2.98. The van der Waals surface area contributed by atoms with Crippen LogP contribution >= 0.6 is 0 Å². The van der Waals surface area contributed by atoms with Gasteiger partial charge in [0, 0.05) is 37.4 Å². The summed E-state index contributed by atoms with van der Waals surface area (Å²) >= 11 is 0. The summed E-state index contributed by atoms with van der Waals surface area (Å²) < 4.78 is 1.88. The molecule has 20 heavy (non-hydrogen) atoms. The Morgan fingerprint density at radius 1 is 1.35 bits per heavy atom. The molecule has 4 nitrogen and oxygen atoms in total. The van der Waals surface area contributed by atoms with Crippen LogP contribution in [0.25, 0.3) is 0 Å². The number of hydrogen-bond donors (Lipinski definition) is 1. The highest BCUT2D eigenvalue weighted by atomic mass is 15.3. The Morgan fingerprint density at radius 3 is 2.45 bits per heavy atom. The zero-order valence-electron chi connectivity index (χ0n) is 13.4. The van der Waals surface area contributed by atoms with E-state index in [-0.39, 0.29) is 12.1 Å². The first-order valence-corrected chi connectivity index (χ1v) is 7.99. The molecule has 4 heteroatoms. The SMILES string of the molecule is CC(C)CN(C1CCCC1)C(c1cnn(C)c1)C(C)N. The molecule has 0 saturated heterocycles. The Labute approximate surface area is 123 Å². The zero-order valence-corrected chi connectivity index (χ0v) is 13.4. The van der Waals surface area contributed by atoms with Crippen molar-refractivity contribution in [2.24, 2.45) is 18.7 Å². The molecule has 1 aromatic heterocycles. The molecule has 2 unspecified atom stereocenters. The summed E-state index contributed by atoms with van der Waals surface area (Å²) in [6.45, 7) is 7.83. The maximum Gasteiger partial charge on any atom is 0.0538 e. The third kappa shape index (κ3) is 3.61. The highest BCUT2D eigenvalue weighted by Crippen LogP contribution is 2.33. The average molecular weight is 278 g/mol. The van der Waals surface area contributed by atoms with E-state index in [4.69, 9.17) is 5.73 Å². The molecule has 2 rings (SSSR count). The van der Waals surface area contributed by atoms with Crippen molar-refractivity contribution in [3.63, 3.8) is 0 Å². The van der Waals surface area contributed by atoms with E-state index in [0.29, 0.717) is 12.0 Å². The van der Waals surface area contributed by atoms with Gasteiger partial charge in [-0.05, 0) is 25.7 Å². The summed E-state index contributed by atoms with van der Waals surface area (Å²) in [4.78, 5) is 2.65. The van der Waals surface area contributed by atoms with Crippen LogP contribution in [-0.4, -0.2) is 33.3 Å². The number of aryl methyl sites for hydroxylation is 1. The van der Waals surface area contributed by atoms with Gasteiger partial charge in [0.05, 0.1) is 12.2 Å². The van der Waals surface area contributed by atoms with E-state index in [2.05, 4.69) is 37.0 Å². The van der Waals surface area contributed by atoms with E-state index >= 15 is 0 Å². The minimum Gasteiger partial charge on any atom is -0.326 e. The van der Waals surface area contributed by atoms with Crippen LogP contribution in [-0.2, 0) is 7.05 Å². The third-order valence-corrected chi connectivity index (χ3v) is 4.29. The van der Waals surface area contributed by atoms with Gasteiger partial charge in [0.1, 0.15) is 0 Å². The summed E-state index contributed by atoms with van der Waals surface area (Å²) in [5.41, 5.74) is 7.60. The molecule has 0 radical (unpaired) electrons. The van der Waals surface area contributed by atoms with Crippen LogP contribution in [0.2, 0.25) is 0 Å². The number of rotatable bonds is 6. The van der Waals surface area contributed by atoms with E-state index in [9.17, 15) is 0 Å². The first-order valence-electron chi connectivity index (χ1n) is 7.99. The second-order valence-electron chi connectivity index (χ2n) is 6.78. The molecule has 1 aliphatic rings. The minimum atomic E-state index is 0.124. The van der Waals surface area contributed by atoms with E-state index in [1.807, 2.05) is 17.9 Å². The fourth-order valence-electron chi connectivity index (χ4n) is 3.54. The molecule has 0 aliphatic heterocycles. The van der Waals surface area contributed by atoms with Gasteiger partial charge < -0.3 is 5.73 Å². The summed E-state index contributed by atoms with van der Waals surface area (Å²) in [6.07, 6.45) is 9.45. The van der Waals surface area contributed by atoms with E-state index in [1.165, 1.54) is 31.2 Å². The molecule has 0 amide bonds. The quantitative estimate of drug-likeness (QED) is 0.870. The summed E-state index contributed by atoms with van der Waals surface area (Å²) in [6, 6.07) is 1.10. The number of hydrogen-bond acceptors (Lipinski definition) is 3. The number of nitrogens with zero attached hydrogens (tertiary/aromatic N) is 3. The van der Waals surface area contributed by atoms with Crippen molar-refractivity contribution in [3.05, 3.63) is 18.0 Å². The molecular weight excluding hydrogens is 248 g/mol. The van der Waals surface area contributed by atoms with Crippen molar-refractivity contribution in [3.8, 4) is 0 Å². The lowest BCUT2D eigenvalue weighted by Crippen LogP contribution is -2.45. The number of nitrogens with two attached hydrogens (primary N) is 1. The smallest absolute Gasteiger partial charge is 0.0538 e. The van der Waals surface area contributed by atoms with E-state index < -0.39 is 0 Å². The second-order valence-corrected chi connectivity index (χ2v) is 6.78. The molecular formula is C16H30N4. The van der Waals surface area contributed by atoms with E-state index in [0.717, 1.165) is 6.54 Å². The molecule has 1 heterocycles. The normalized spacial score (nSPS) is 19.9. The minimum absolute atomic E-state index is 0.124. The van der Waals surface area contributed by atoms with Crippen molar-refractivity contribution in [1.82, 2.24) is 14.7 Å². The molecule has 1 aliphatic carbocycles. The lowest BCUT2D eigenvalue weighted by atomic mass is 9.98. The second kappa shape index (κ2) is 6.72. The molecule has 2 atom stereocenters.